The van der Waals surface area contributed by atoms with Gasteiger partial charge in [0.2, 0.25) is 0 Å². The highest BCUT2D eigenvalue weighted by Crippen LogP contribution is 2.44. The molecule has 1 saturated carbocycles. The van der Waals surface area contributed by atoms with E-state index < -0.39 is 5.97 Å². The molecule has 1 aromatic rings. The van der Waals surface area contributed by atoms with Crippen LogP contribution in [0.3, 0.4) is 0 Å². The van der Waals surface area contributed by atoms with Crippen LogP contribution < -0.4 is 0 Å². The first-order valence-electron chi connectivity index (χ1n) is 11.4. The summed E-state index contributed by atoms with van der Waals surface area (Å²) in [6.07, 6.45) is 16.6. The number of rotatable bonds is 14. The van der Waals surface area contributed by atoms with Crippen LogP contribution in [0.25, 0.3) is 0 Å². The first kappa shape index (κ1) is 24.1. The number of aliphatic hydroxyl groups is 1. The lowest BCUT2D eigenvalue weighted by Crippen LogP contribution is -2.14. The summed E-state index contributed by atoms with van der Waals surface area (Å²) < 4.78 is 0. The van der Waals surface area contributed by atoms with Crippen LogP contribution in [0.15, 0.2) is 54.6 Å². The minimum atomic E-state index is -0.762. The first-order valence-corrected chi connectivity index (χ1v) is 11.4. The van der Waals surface area contributed by atoms with E-state index in [9.17, 15) is 9.59 Å². The fourth-order valence-corrected chi connectivity index (χ4v) is 4.31. The fourth-order valence-electron chi connectivity index (χ4n) is 4.31. The molecule has 0 aromatic heterocycles. The number of aliphatic hydroxyl groups excluding tert-OH is 1. The van der Waals surface area contributed by atoms with Crippen molar-refractivity contribution in [2.75, 3.05) is 6.61 Å². The number of allylic oxidation sites excluding steroid dienone is 4. The van der Waals surface area contributed by atoms with E-state index in [-0.39, 0.29) is 30.8 Å². The second-order valence-electron chi connectivity index (χ2n) is 8.22. The van der Waals surface area contributed by atoms with Crippen LogP contribution in [0.4, 0.5) is 0 Å². The number of unbranched alkanes of at least 4 members (excludes halogenated alkanes) is 5. The van der Waals surface area contributed by atoms with Gasteiger partial charge in [0.25, 0.3) is 0 Å². The van der Waals surface area contributed by atoms with Crippen LogP contribution in [0.1, 0.15) is 75.7 Å². The molecule has 0 bridgehead atoms. The van der Waals surface area contributed by atoms with E-state index >= 15 is 0 Å². The number of carboxylic acid groups (broad SMARTS) is 1. The number of hydrogen-bond acceptors (Lipinski definition) is 3. The van der Waals surface area contributed by atoms with Crippen molar-refractivity contribution in [3.05, 3.63) is 60.2 Å². The molecular weight excluding hydrogens is 376 g/mol. The van der Waals surface area contributed by atoms with Gasteiger partial charge < -0.3 is 10.2 Å². The van der Waals surface area contributed by atoms with Crippen molar-refractivity contribution in [3.63, 3.8) is 0 Å². The Morgan fingerprint density at radius 1 is 0.967 bits per heavy atom. The predicted octanol–water partition coefficient (Wildman–Crippen LogP) is 5.68. The van der Waals surface area contributed by atoms with Crippen molar-refractivity contribution < 1.29 is 19.8 Å². The number of Topliss-reactive ketones (excluding diaryl/α,β-unsaturated/α-hetero) is 1. The topological polar surface area (TPSA) is 74.6 Å². The number of ketones is 1. The molecule has 1 fully saturated rings. The Balaban J connectivity index is 1.97. The Labute approximate surface area is 180 Å². The third kappa shape index (κ3) is 8.27. The number of aliphatic carboxylic acids is 1. The number of hydrogen-bond donors (Lipinski definition) is 2. The maximum atomic E-state index is 12.8. The van der Waals surface area contributed by atoms with Crippen LogP contribution >= 0.6 is 0 Å². The van der Waals surface area contributed by atoms with Gasteiger partial charge >= 0.3 is 5.97 Å². The maximum Gasteiger partial charge on any atom is 0.303 e. The molecule has 4 nitrogen and oxygen atoms in total. The van der Waals surface area contributed by atoms with E-state index in [1.807, 2.05) is 24.3 Å². The Morgan fingerprint density at radius 2 is 1.70 bits per heavy atom. The zero-order chi connectivity index (χ0) is 21.6. The average molecular weight is 413 g/mol. The summed E-state index contributed by atoms with van der Waals surface area (Å²) in [5.74, 6) is 0.00519. The van der Waals surface area contributed by atoms with Gasteiger partial charge in [0, 0.05) is 25.4 Å². The molecule has 30 heavy (non-hydrogen) atoms. The minimum absolute atomic E-state index is 0.00318. The van der Waals surface area contributed by atoms with E-state index in [0.717, 1.165) is 44.9 Å². The summed E-state index contributed by atoms with van der Waals surface area (Å²) in [6, 6.07) is 10.3. The molecule has 1 aliphatic rings. The van der Waals surface area contributed by atoms with Crippen LogP contribution in [-0.2, 0) is 9.59 Å². The molecule has 3 atom stereocenters. The van der Waals surface area contributed by atoms with Gasteiger partial charge in [0.15, 0.2) is 0 Å². The Kier molecular flexibility index (Phi) is 11.2. The van der Waals surface area contributed by atoms with Gasteiger partial charge in [-0.3, -0.25) is 9.59 Å². The molecule has 1 aliphatic carbocycles. The third-order valence-electron chi connectivity index (χ3n) is 5.95. The van der Waals surface area contributed by atoms with Crippen molar-refractivity contribution in [2.45, 2.75) is 70.1 Å². The summed E-state index contributed by atoms with van der Waals surface area (Å²) in [5, 5.41) is 17.6. The van der Waals surface area contributed by atoms with Crippen molar-refractivity contribution in [1.82, 2.24) is 0 Å². The van der Waals surface area contributed by atoms with Crippen LogP contribution in [-0.4, -0.2) is 28.6 Å². The Bertz CT molecular complexity index is 692. The van der Waals surface area contributed by atoms with Gasteiger partial charge in [-0.2, -0.15) is 0 Å². The summed E-state index contributed by atoms with van der Waals surface area (Å²) in [7, 11) is 0. The molecule has 1 aromatic carbocycles. The van der Waals surface area contributed by atoms with Crippen molar-refractivity contribution in [2.24, 2.45) is 11.8 Å². The molecule has 0 saturated heterocycles. The monoisotopic (exact) mass is 412 g/mol. The lowest BCUT2D eigenvalue weighted by atomic mass is 9.83. The quantitative estimate of drug-likeness (QED) is 0.305. The van der Waals surface area contributed by atoms with E-state index in [1.165, 1.54) is 5.56 Å². The Hall–Kier alpha value is -2.20. The van der Waals surface area contributed by atoms with Gasteiger partial charge in [-0.25, -0.2) is 0 Å². The highest BCUT2D eigenvalue weighted by atomic mass is 16.4. The zero-order valence-corrected chi connectivity index (χ0v) is 17.9. The van der Waals surface area contributed by atoms with Crippen molar-refractivity contribution in [3.8, 4) is 0 Å². The first-order chi connectivity index (χ1) is 14.6. The molecule has 0 radical (unpaired) electrons. The second-order valence-corrected chi connectivity index (χ2v) is 8.22. The summed E-state index contributed by atoms with van der Waals surface area (Å²) >= 11 is 0. The predicted molar refractivity (Wildman–Crippen MR) is 120 cm³/mol. The molecule has 0 amide bonds. The molecule has 0 heterocycles. The van der Waals surface area contributed by atoms with E-state index in [0.29, 0.717) is 18.6 Å². The summed E-state index contributed by atoms with van der Waals surface area (Å²) in [5.41, 5.74) is 1.23. The van der Waals surface area contributed by atoms with Gasteiger partial charge in [-0.1, -0.05) is 67.5 Å². The van der Waals surface area contributed by atoms with Gasteiger partial charge in [-0.05, 0) is 55.9 Å². The molecular formula is C26H36O4. The molecule has 0 aliphatic heterocycles. The second kappa shape index (κ2) is 13.9. The summed E-state index contributed by atoms with van der Waals surface area (Å²) in [4.78, 5) is 23.4. The number of carbonyl (C=O) groups is 2. The standard InChI is InChI=1S/C26H36O4/c27-19-13-6-2-1-3-10-16-22-23(17-11-4-5-12-18-26(29)30)25(28)20-24(22)21-14-8-7-9-15-21/h4,7-11,14-16,22-24,27H,1-3,5-6,12-13,17-20H2,(H,29,30)/t22?,23?,24-/m0/s1. The number of carbonyl (C=O) groups excluding carboxylic acids is 1. The highest BCUT2D eigenvalue weighted by molar-refractivity contribution is 5.85. The fraction of sp³-hybridized carbons (Fsp3) is 0.538. The Morgan fingerprint density at radius 3 is 2.43 bits per heavy atom. The lowest BCUT2D eigenvalue weighted by Gasteiger charge is -2.20. The third-order valence-corrected chi connectivity index (χ3v) is 5.95. The normalized spacial score (nSPS) is 21.8. The van der Waals surface area contributed by atoms with Gasteiger partial charge in [-0.15, -0.1) is 0 Å². The van der Waals surface area contributed by atoms with E-state index in [4.69, 9.17) is 10.2 Å². The van der Waals surface area contributed by atoms with Crippen molar-refractivity contribution in [1.29, 1.82) is 0 Å². The maximum absolute atomic E-state index is 12.8. The molecule has 0 spiro atoms. The van der Waals surface area contributed by atoms with Crippen molar-refractivity contribution >= 4 is 11.8 Å². The number of benzene rings is 1. The van der Waals surface area contributed by atoms with Crippen LogP contribution in [0.2, 0.25) is 0 Å². The summed E-state index contributed by atoms with van der Waals surface area (Å²) in [6.45, 7) is 0.268. The van der Waals surface area contributed by atoms with Crippen LogP contribution in [0.5, 0.6) is 0 Å². The van der Waals surface area contributed by atoms with Crippen LogP contribution in [0, 0.1) is 11.8 Å². The smallest absolute Gasteiger partial charge is 0.303 e. The minimum Gasteiger partial charge on any atom is -0.481 e. The molecule has 2 unspecified atom stereocenters. The molecule has 4 heteroatoms. The average Bonchev–Trinajstić information content (AvgIpc) is 3.05. The van der Waals surface area contributed by atoms with Gasteiger partial charge in [0.05, 0.1) is 0 Å². The zero-order valence-electron chi connectivity index (χ0n) is 17.9. The van der Waals surface area contributed by atoms with E-state index in [1.54, 1.807) is 0 Å². The molecule has 164 valence electrons. The highest BCUT2D eigenvalue weighted by Gasteiger charge is 2.40. The molecule has 2 N–H and O–H groups in total. The SMILES string of the molecule is O=C(O)CCCC=CCC1C(=O)C[C@@H](c2ccccc2)C1C=CCCCCCCO. The molecule has 2 rings (SSSR count). The lowest BCUT2D eigenvalue weighted by molar-refractivity contribution is -0.137. The van der Waals surface area contributed by atoms with E-state index in [2.05, 4.69) is 30.4 Å². The largest absolute Gasteiger partial charge is 0.481 e. The number of carboxylic acids is 1. The van der Waals surface area contributed by atoms with Gasteiger partial charge in [0.1, 0.15) is 5.78 Å².